The van der Waals surface area contributed by atoms with Crippen LogP contribution in [-0.4, -0.2) is 31.9 Å². The monoisotopic (exact) mass is 308 g/mol. The van der Waals surface area contributed by atoms with E-state index < -0.39 is 10.0 Å². The van der Waals surface area contributed by atoms with E-state index in [-0.39, 0.29) is 0 Å². The molecule has 0 radical (unpaired) electrons. The van der Waals surface area contributed by atoms with Crippen LogP contribution in [0.2, 0.25) is 0 Å². The van der Waals surface area contributed by atoms with Crippen molar-refractivity contribution in [2.24, 2.45) is 0 Å². The summed E-state index contributed by atoms with van der Waals surface area (Å²) in [6.45, 7) is 2.08. The molecule has 2 aliphatic rings. The third-order valence-electron chi connectivity index (χ3n) is 4.27. The second-order valence-corrected chi connectivity index (χ2v) is 8.06. The molecule has 21 heavy (non-hydrogen) atoms. The van der Waals surface area contributed by atoms with Crippen LogP contribution in [0.25, 0.3) is 0 Å². The molecule has 0 amide bonds. The third kappa shape index (κ3) is 3.84. The summed E-state index contributed by atoms with van der Waals surface area (Å²) in [5, 5.41) is 3.43. The van der Waals surface area contributed by atoms with Gasteiger partial charge in [0.05, 0.1) is 4.90 Å². The highest BCUT2D eigenvalue weighted by atomic mass is 32.2. The first-order chi connectivity index (χ1) is 10.2. The summed E-state index contributed by atoms with van der Waals surface area (Å²) < 4.78 is 27.2. The van der Waals surface area contributed by atoms with Crippen molar-refractivity contribution in [3.05, 3.63) is 29.8 Å². The number of nitrogens with zero attached hydrogens (tertiary/aromatic N) is 1. The van der Waals surface area contributed by atoms with Crippen LogP contribution in [-0.2, 0) is 16.6 Å². The first-order valence-corrected chi connectivity index (χ1v) is 9.43. The van der Waals surface area contributed by atoms with E-state index in [4.69, 9.17) is 0 Å². The molecule has 0 bridgehead atoms. The molecule has 1 aromatic carbocycles. The van der Waals surface area contributed by atoms with Gasteiger partial charge in [-0.05, 0) is 43.4 Å². The number of sulfonamides is 1. The van der Waals surface area contributed by atoms with Crippen LogP contribution >= 0.6 is 0 Å². The lowest BCUT2D eigenvalue weighted by Crippen LogP contribution is -2.32. The molecular formula is C16H24N2O2S. The fourth-order valence-electron chi connectivity index (χ4n) is 2.80. The SMILES string of the molecule is O=S(=O)(c1cccc(CNC2CC2)c1)N1CCCCCC1. The fraction of sp³-hybridized carbons (Fsp3) is 0.625. The number of hydrogen-bond acceptors (Lipinski definition) is 3. The first kappa shape index (κ1) is 15.0. The second kappa shape index (κ2) is 6.46. The molecule has 0 aromatic heterocycles. The van der Waals surface area contributed by atoms with E-state index >= 15 is 0 Å². The minimum absolute atomic E-state index is 0.444. The Morgan fingerprint density at radius 1 is 1.10 bits per heavy atom. The van der Waals surface area contributed by atoms with Crippen LogP contribution in [0.3, 0.4) is 0 Å². The van der Waals surface area contributed by atoms with Gasteiger partial charge in [-0.1, -0.05) is 25.0 Å². The van der Waals surface area contributed by atoms with Crippen LogP contribution in [0.4, 0.5) is 0 Å². The zero-order valence-corrected chi connectivity index (χ0v) is 13.2. The van der Waals surface area contributed by atoms with Gasteiger partial charge in [-0.3, -0.25) is 0 Å². The second-order valence-electron chi connectivity index (χ2n) is 6.12. The smallest absolute Gasteiger partial charge is 0.243 e. The van der Waals surface area contributed by atoms with E-state index in [0.717, 1.165) is 37.8 Å². The van der Waals surface area contributed by atoms with Crippen molar-refractivity contribution in [1.29, 1.82) is 0 Å². The van der Waals surface area contributed by atoms with Gasteiger partial charge in [0.15, 0.2) is 0 Å². The molecular weight excluding hydrogens is 284 g/mol. The average molecular weight is 308 g/mol. The van der Waals surface area contributed by atoms with Crippen LogP contribution in [0, 0.1) is 0 Å². The molecule has 1 saturated heterocycles. The zero-order chi connectivity index (χ0) is 14.7. The topological polar surface area (TPSA) is 49.4 Å². The first-order valence-electron chi connectivity index (χ1n) is 7.99. The molecule has 1 aromatic rings. The molecule has 5 heteroatoms. The van der Waals surface area contributed by atoms with E-state index in [2.05, 4.69) is 5.32 Å². The number of nitrogens with one attached hydrogen (secondary N) is 1. The summed E-state index contributed by atoms with van der Waals surface area (Å²) in [6, 6.07) is 8.04. The Balaban J connectivity index is 1.75. The Labute approximate surface area is 127 Å². The van der Waals surface area contributed by atoms with E-state index in [1.54, 1.807) is 10.4 Å². The highest BCUT2D eigenvalue weighted by molar-refractivity contribution is 7.89. The van der Waals surface area contributed by atoms with Crippen LogP contribution in [0.15, 0.2) is 29.2 Å². The normalized spacial score (nSPS) is 21.1. The van der Waals surface area contributed by atoms with Crippen LogP contribution in [0.1, 0.15) is 44.1 Å². The lowest BCUT2D eigenvalue weighted by molar-refractivity contribution is 0.423. The van der Waals surface area contributed by atoms with Crippen molar-refractivity contribution in [3.63, 3.8) is 0 Å². The molecule has 3 rings (SSSR count). The molecule has 0 spiro atoms. The predicted molar refractivity (Wildman–Crippen MR) is 83.5 cm³/mol. The number of hydrogen-bond donors (Lipinski definition) is 1. The molecule has 1 aliphatic heterocycles. The molecule has 4 nitrogen and oxygen atoms in total. The Kier molecular flexibility index (Phi) is 4.62. The van der Waals surface area contributed by atoms with Gasteiger partial charge in [0, 0.05) is 25.7 Å². The summed E-state index contributed by atoms with van der Waals surface area (Å²) in [5.41, 5.74) is 1.05. The number of benzene rings is 1. The molecule has 1 heterocycles. The predicted octanol–water partition coefficient (Wildman–Crippen LogP) is 2.50. The Bertz CT molecular complexity index is 574. The van der Waals surface area contributed by atoms with Gasteiger partial charge >= 0.3 is 0 Å². The lowest BCUT2D eigenvalue weighted by Gasteiger charge is -2.20. The Morgan fingerprint density at radius 2 is 1.81 bits per heavy atom. The van der Waals surface area contributed by atoms with Crippen molar-refractivity contribution < 1.29 is 8.42 Å². The van der Waals surface area contributed by atoms with Gasteiger partial charge in [0.2, 0.25) is 10.0 Å². The number of rotatable bonds is 5. The highest BCUT2D eigenvalue weighted by Gasteiger charge is 2.25. The van der Waals surface area contributed by atoms with Crippen molar-refractivity contribution in [3.8, 4) is 0 Å². The molecule has 116 valence electrons. The van der Waals surface area contributed by atoms with Gasteiger partial charge in [-0.15, -0.1) is 0 Å². The lowest BCUT2D eigenvalue weighted by atomic mass is 10.2. The highest BCUT2D eigenvalue weighted by Crippen LogP contribution is 2.22. The summed E-state index contributed by atoms with van der Waals surface area (Å²) >= 11 is 0. The van der Waals surface area contributed by atoms with Crippen molar-refractivity contribution >= 4 is 10.0 Å². The van der Waals surface area contributed by atoms with Gasteiger partial charge in [-0.2, -0.15) is 4.31 Å². The van der Waals surface area contributed by atoms with Gasteiger partial charge in [0.1, 0.15) is 0 Å². The van der Waals surface area contributed by atoms with Crippen molar-refractivity contribution in [1.82, 2.24) is 9.62 Å². The van der Waals surface area contributed by atoms with E-state index in [0.29, 0.717) is 24.0 Å². The van der Waals surface area contributed by atoms with Crippen LogP contribution in [0.5, 0.6) is 0 Å². The quantitative estimate of drug-likeness (QED) is 0.909. The van der Waals surface area contributed by atoms with E-state index in [9.17, 15) is 8.42 Å². The summed E-state index contributed by atoms with van der Waals surface area (Å²) in [4.78, 5) is 0.444. The van der Waals surface area contributed by atoms with Crippen molar-refractivity contribution in [2.45, 2.75) is 56.0 Å². The van der Waals surface area contributed by atoms with Gasteiger partial charge in [0.25, 0.3) is 0 Å². The maximum atomic E-state index is 12.7. The molecule has 0 atom stereocenters. The summed E-state index contributed by atoms with van der Waals surface area (Å²) in [7, 11) is -3.33. The van der Waals surface area contributed by atoms with Crippen LogP contribution < -0.4 is 5.32 Å². The molecule has 0 unspecified atom stereocenters. The molecule has 1 aliphatic carbocycles. The van der Waals surface area contributed by atoms with Gasteiger partial charge < -0.3 is 5.32 Å². The summed E-state index contributed by atoms with van der Waals surface area (Å²) in [6.07, 6.45) is 6.70. The molecule has 1 N–H and O–H groups in total. The largest absolute Gasteiger partial charge is 0.310 e. The Morgan fingerprint density at radius 3 is 2.48 bits per heavy atom. The maximum Gasteiger partial charge on any atom is 0.243 e. The van der Waals surface area contributed by atoms with Crippen molar-refractivity contribution in [2.75, 3.05) is 13.1 Å². The standard InChI is InChI=1S/C16H24N2O2S/c19-21(20,18-10-3-1-2-4-11-18)16-7-5-6-14(12-16)13-17-15-8-9-15/h5-7,12,15,17H,1-4,8-11,13H2. The van der Waals surface area contributed by atoms with E-state index in [1.165, 1.54) is 12.8 Å². The van der Waals surface area contributed by atoms with E-state index in [1.807, 2.05) is 18.2 Å². The van der Waals surface area contributed by atoms with Gasteiger partial charge in [-0.25, -0.2) is 8.42 Å². The maximum absolute atomic E-state index is 12.7. The fourth-order valence-corrected chi connectivity index (χ4v) is 4.38. The molecule has 1 saturated carbocycles. The molecule has 2 fully saturated rings. The third-order valence-corrected chi connectivity index (χ3v) is 6.17. The minimum atomic E-state index is -3.33. The zero-order valence-electron chi connectivity index (χ0n) is 12.4. The Hall–Kier alpha value is -0.910. The minimum Gasteiger partial charge on any atom is -0.310 e. The summed E-state index contributed by atoms with van der Waals surface area (Å²) in [5.74, 6) is 0. The average Bonchev–Trinajstić information content (AvgIpc) is 3.32.